The number of aryl methyl sites for hydroxylation is 1. The highest BCUT2D eigenvalue weighted by atomic mass is 35.5. The van der Waals surface area contributed by atoms with Gasteiger partial charge in [0.2, 0.25) is 5.91 Å². The second-order valence-corrected chi connectivity index (χ2v) is 7.18. The lowest BCUT2D eigenvalue weighted by atomic mass is 9.89. The molecule has 4 nitrogen and oxygen atoms in total. The second-order valence-electron chi connectivity index (χ2n) is 6.74. The number of carboxylic acid groups (broad SMARTS) is 1. The zero-order valence-corrected chi connectivity index (χ0v) is 15.2. The van der Waals surface area contributed by atoms with Gasteiger partial charge in [-0.2, -0.15) is 0 Å². The summed E-state index contributed by atoms with van der Waals surface area (Å²) < 4.78 is 0. The van der Waals surface area contributed by atoms with Gasteiger partial charge in [-0.15, -0.1) is 0 Å². The molecule has 1 fully saturated rings. The molecule has 26 heavy (non-hydrogen) atoms. The van der Waals surface area contributed by atoms with E-state index in [0.29, 0.717) is 18.0 Å². The van der Waals surface area contributed by atoms with E-state index >= 15 is 0 Å². The van der Waals surface area contributed by atoms with E-state index in [0.717, 1.165) is 24.0 Å². The Morgan fingerprint density at radius 3 is 2.38 bits per heavy atom. The Morgan fingerprint density at radius 2 is 1.73 bits per heavy atom. The Balaban J connectivity index is 1.57. The van der Waals surface area contributed by atoms with E-state index in [1.807, 2.05) is 54.6 Å². The standard InChI is InChI=1S/C21H22ClNO3/c22-17-11-9-15(10-12-17)5-4-8-20(24)23-13-18(19(14-23)21(25)26)16-6-2-1-3-7-16/h1-3,6-7,9-12,18-19H,4-5,8,13-14H2,(H,25,26). The molecule has 1 heterocycles. The van der Waals surface area contributed by atoms with Gasteiger partial charge in [-0.25, -0.2) is 0 Å². The maximum atomic E-state index is 12.5. The van der Waals surface area contributed by atoms with Crippen molar-refractivity contribution in [2.75, 3.05) is 13.1 Å². The average molecular weight is 372 g/mol. The van der Waals surface area contributed by atoms with E-state index in [2.05, 4.69) is 0 Å². The lowest BCUT2D eigenvalue weighted by Crippen LogP contribution is -2.29. The molecule has 2 aromatic rings. The Hall–Kier alpha value is -2.33. The van der Waals surface area contributed by atoms with Crippen LogP contribution in [0.4, 0.5) is 0 Å². The maximum Gasteiger partial charge on any atom is 0.308 e. The molecular weight excluding hydrogens is 350 g/mol. The van der Waals surface area contributed by atoms with Gasteiger partial charge in [0, 0.05) is 30.5 Å². The SMILES string of the molecule is O=C(O)C1CN(C(=O)CCCc2ccc(Cl)cc2)CC1c1ccccc1. The minimum absolute atomic E-state index is 0.0312. The highest BCUT2D eigenvalue weighted by molar-refractivity contribution is 6.30. The van der Waals surface area contributed by atoms with E-state index in [1.165, 1.54) is 0 Å². The Bertz CT molecular complexity index is 761. The van der Waals surface area contributed by atoms with Crippen LogP contribution in [0, 0.1) is 5.92 Å². The number of rotatable bonds is 6. The number of nitrogens with zero attached hydrogens (tertiary/aromatic N) is 1. The lowest BCUT2D eigenvalue weighted by Gasteiger charge is -2.16. The summed E-state index contributed by atoms with van der Waals surface area (Å²) in [6, 6.07) is 17.2. The topological polar surface area (TPSA) is 57.6 Å². The summed E-state index contributed by atoms with van der Waals surface area (Å²) in [7, 11) is 0. The molecule has 3 rings (SSSR count). The minimum atomic E-state index is -0.838. The largest absolute Gasteiger partial charge is 0.481 e. The molecule has 2 aromatic carbocycles. The number of hydrogen-bond donors (Lipinski definition) is 1. The maximum absolute atomic E-state index is 12.5. The number of carbonyl (C=O) groups is 2. The predicted molar refractivity (Wildman–Crippen MR) is 101 cm³/mol. The summed E-state index contributed by atoms with van der Waals surface area (Å²) in [5.41, 5.74) is 2.13. The van der Waals surface area contributed by atoms with Gasteiger partial charge in [0.25, 0.3) is 0 Å². The van der Waals surface area contributed by atoms with Gasteiger partial charge >= 0.3 is 5.97 Å². The molecule has 1 aliphatic rings. The molecule has 0 aliphatic carbocycles. The van der Waals surface area contributed by atoms with Gasteiger partial charge in [-0.3, -0.25) is 9.59 Å². The quantitative estimate of drug-likeness (QED) is 0.835. The molecule has 1 N–H and O–H groups in total. The highest BCUT2D eigenvalue weighted by Crippen LogP contribution is 2.33. The molecular formula is C21H22ClNO3. The first kappa shape index (κ1) is 18.5. The van der Waals surface area contributed by atoms with Gasteiger partial charge in [-0.1, -0.05) is 54.1 Å². The predicted octanol–water partition coefficient (Wildman–Crippen LogP) is 3.99. The van der Waals surface area contributed by atoms with Gasteiger partial charge in [0.15, 0.2) is 0 Å². The van der Waals surface area contributed by atoms with Crippen LogP contribution in [0.15, 0.2) is 54.6 Å². The van der Waals surface area contributed by atoms with Crippen molar-refractivity contribution in [2.45, 2.75) is 25.2 Å². The van der Waals surface area contributed by atoms with Crippen molar-refractivity contribution in [2.24, 2.45) is 5.92 Å². The normalized spacial score (nSPS) is 19.5. The summed E-state index contributed by atoms with van der Waals surface area (Å²) >= 11 is 5.88. The summed E-state index contributed by atoms with van der Waals surface area (Å²) in [6.07, 6.45) is 1.97. The smallest absolute Gasteiger partial charge is 0.308 e. The van der Waals surface area contributed by atoms with Gasteiger partial charge in [0.05, 0.1) is 5.92 Å². The average Bonchev–Trinajstić information content (AvgIpc) is 3.10. The van der Waals surface area contributed by atoms with Crippen molar-refractivity contribution in [3.63, 3.8) is 0 Å². The van der Waals surface area contributed by atoms with Crippen molar-refractivity contribution < 1.29 is 14.7 Å². The monoisotopic (exact) mass is 371 g/mol. The first-order valence-corrected chi connectivity index (χ1v) is 9.22. The number of carbonyl (C=O) groups excluding carboxylic acids is 1. The van der Waals surface area contributed by atoms with Crippen LogP contribution in [0.2, 0.25) is 5.02 Å². The summed E-state index contributed by atoms with van der Waals surface area (Å²) in [5.74, 6) is -1.49. The Morgan fingerprint density at radius 1 is 1.04 bits per heavy atom. The third kappa shape index (κ3) is 4.44. The number of likely N-dealkylation sites (tertiary alicyclic amines) is 1. The van der Waals surface area contributed by atoms with Crippen LogP contribution >= 0.6 is 11.6 Å². The molecule has 1 saturated heterocycles. The van der Waals surface area contributed by atoms with Gasteiger partial charge < -0.3 is 10.0 Å². The van der Waals surface area contributed by atoms with Crippen LogP contribution in [-0.4, -0.2) is 35.0 Å². The number of aliphatic carboxylic acids is 1. The van der Waals surface area contributed by atoms with E-state index < -0.39 is 11.9 Å². The first-order chi connectivity index (χ1) is 12.5. The molecule has 0 radical (unpaired) electrons. The fourth-order valence-electron chi connectivity index (χ4n) is 3.55. The number of halogens is 1. The first-order valence-electron chi connectivity index (χ1n) is 8.84. The Kier molecular flexibility index (Phi) is 5.94. The van der Waals surface area contributed by atoms with Crippen molar-refractivity contribution >= 4 is 23.5 Å². The van der Waals surface area contributed by atoms with Crippen LogP contribution in [0.5, 0.6) is 0 Å². The molecule has 1 amide bonds. The third-order valence-electron chi connectivity index (χ3n) is 4.99. The lowest BCUT2D eigenvalue weighted by molar-refractivity contribution is -0.141. The van der Waals surface area contributed by atoms with Crippen LogP contribution in [0.1, 0.15) is 29.9 Å². The van der Waals surface area contributed by atoms with E-state index in [-0.39, 0.29) is 18.4 Å². The molecule has 2 unspecified atom stereocenters. The minimum Gasteiger partial charge on any atom is -0.481 e. The molecule has 0 spiro atoms. The summed E-state index contributed by atoms with van der Waals surface area (Å²) in [6.45, 7) is 0.759. The van der Waals surface area contributed by atoms with Crippen molar-refractivity contribution in [3.05, 3.63) is 70.7 Å². The fourth-order valence-corrected chi connectivity index (χ4v) is 3.67. The number of amides is 1. The number of hydrogen-bond acceptors (Lipinski definition) is 2. The third-order valence-corrected chi connectivity index (χ3v) is 5.24. The van der Waals surface area contributed by atoms with E-state index in [1.54, 1.807) is 4.90 Å². The van der Waals surface area contributed by atoms with Crippen LogP contribution < -0.4 is 0 Å². The van der Waals surface area contributed by atoms with Crippen molar-refractivity contribution in [1.29, 1.82) is 0 Å². The second kappa shape index (κ2) is 8.37. The van der Waals surface area contributed by atoms with Crippen LogP contribution in [-0.2, 0) is 16.0 Å². The zero-order valence-electron chi connectivity index (χ0n) is 14.5. The number of carboxylic acids is 1. The highest BCUT2D eigenvalue weighted by Gasteiger charge is 2.40. The summed E-state index contributed by atoms with van der Waals surface area (Å²) in [5, 5.41) is 10.2. The molecule has 136 valence electrons. The van der Waals surface area contributed by atoms with E-state index in [9.17, 15) is 14.7 Å². The van der Waals surface area contributed by atoms with Crippen molar-refractivity contribution in [1.82, 2.24) is 4.90 Å². The molecule has 1 aliphatic heterocycles. The zero-order chi connectivity index (χ0) is 18.5. The van der Waals surface area contributed by atoms with Crippen LogP contribution in [0.25, 0.3) is 0 Å². The van der Waals surface area contributed by atoms with Crippen LogP contribution in [0.3, 0.4) is 0 Å². The van der Waals surface area contributed by atoms with E-state index in [4.69, 9.17) is 11.6 Å². The summed E-state index contributed by atoms with van der Waals surface area (Å²) in [4.78, 5) is 25.9. The Labute approximate surface area is 158 Å². The van der Waals surface area contributed by atoms with Gasteiger partial charge in [0.1, 0.15) is 0 Å². The van der Waals surface area contributed by atoms with Gasteiger partial charge in [-0.05, 0) is 36.1 Å². The van der Waals surface area contributed by atoms with Crippen molar-refractivity contribution in [3.8, 4) is 0 Å². The molecule has 5 heteroatoms. The molecule has 0 bridgehead atoms. The molecule has 2 atom stereocenters. The molecule has 0 aromatic heterocycles. The molecule has 0 saturated carbocycles. The number of benzene rings is 2. The fraction of sp³-hybridized carbons (Fsp3) is 0.333.